The molecule has 3 N–H and O–H groups in total. The summed E-state index contributed by atoms with van der Waals surface area (Å²) in [6.07, 6.45) is -2.50. The van der Waals surface area contributed by atoms with E-state index in [-0.39, 0.29) is 24.1 Å². The molecule has 0 bridgehead atoms. The second kappa shape index (κ2) is 6.10. The number of rotatable bonds is 4. The van der Waals surface area contributed by atoms with Crippen LogP contribution in [0.3, 0.4) is 0 Å². The van der Waals surface area contributed by atoms with Crippen molar-refractivity contribution in [3.8, 4) is 5.82 Å². The molecule has 7 nitrogen and oxygen atoms in total. The predicted molar refractivity (Wildman–Crippen MR) is 70.1 cm³/mol. The number of halogens is 3. The monoisotopic (exact) mass is 314 g/mol. The van der Waals surface area contributed by atoms with Gasteiger partial charge in [-0.05, 0) is 19.1 Å². The highest BCUT2D eigenvalue weighted by molar-refractivity contribution is 5.92. The van der Waals surface area contributed by atoms with Crippen molar-refractivity contribution in [2.24, 2.45) is 5.73 Å². The third-order valence-corrected chi connectivity index (χ3v) is 2.77. The van der Waals surface area contributed by atoms with E-state index in [0.29, 0.717) is 6.20 Å². The van der Waals surface area contributed by atoms with Gasteiger partial charge in [-0.3, -0.25) is 4.79 Å². The molecule has 0 radical (unpaired) electrons. The molecule has 0 fully saturated rings. The van der Waals surface area contributed by atoms with E-state index < -0.39 is 17.6 Å². The van der Waals surface area contributed by atoms with Crippen LogP contribution in [0.4, 0.5) is 13.2 Å². The van der Waals surface area contributed by atoms with Crippen molar-refractivity contribution in [1.29, 1.82) is 0 Å². The van der Waals surface area contributed by atoms with Crippen LogP contribution in [-0.2, 0) is 6.18 Å². The minimum Gasteiger partial charge on any atom is -0.347 e. The fourth-order valence-corrected chi connectivity index (χ4v) is 1.53. The van der Waals surface area contributed by atoms with E-state index in [4.69, 9.17) is 5.73 Å². The van der Waals surface area contributed by atoms with Crippen molar-refractivity contribution in [2.45, 2.75) is 19.1 Å². The van der Waals surface area contributed by atoms with Gasteiger partial charge in [0.2, 0.25) is 0 Å². The minimum absolute atomic E-state index is 0.0157. The van der Waals surface area contributed by atoms with E-state index in [0.717, 1.165) is 16.8 Å². The number of amides is 1. The number of nitrogens with one attached hydrogen (secondary N) is 1. The maximum Gasteiger partial charge on any atom is 0.417 e. The van der Waals surface area contributed by atoms with E-state index in [2.05, 4.69) is 20.6 Å². The van der Waals surface area contributed by atoms with Gasteiger partial charge in [-0.15, -0.1) is 5.10 Å². The van der Waals surface area contributed by atoms with E-state index in [9.17, 15) is 18.0 Å². The summed E-state index contributed by atoms with van der Waals surface area (Å²) < 4.78 is 38.5. The van der Waals surface area contributed by atoms with Crippen LogP contribution in [0.5, 0.6) is 0 Å². The maximum absolute atomic E-state index is 12.4. The first-order valence-electron chi connectivity index (χ1n) is 6.28. The molecule has 10 heteroatoms. The molecule has 2 aromatic rings. The van der Waals surface area contributed by atoms with Crippen molar-refractivity contribution in [3.63, 3.8) is 0 Å². The van der Waals surface area contributed by atoms with Crippen LogP contribution in [0.25, 0.3) is 5.82 Å². The summed E-state index contributed by atoms with van der Waals surface area (Å²) in [4.78, 5) is 15.4. The summed E-state index contributed by atoms with van der Waals surface area (Å²) in [7, 11) is 0. The highest BCUT2D eigenvalue weighted by atomic mass is 19.4. The Hall–Kier alpha value is -2.49. The molecule has 1 atom stereocenters. The lowest BCUT2D eigenvalue weighted by molar-refractivity contribution is -0.137. The molecule has 0 saturated carbocycles. The van der Waals surface area contributed by atoms with Gasteiger partial charge in [-0.2, -0.15) is 13.2 Å². The van der Waals surface area contributed by atoms with E-state index in [1.807, 2.05) is 0 Å². The predicted octanol–water partition coefficient (Wildman–Crippen LogP) is 0.758. The van der Waals surface area contributed by atoms with Crippen LogP contribution in [0.1, 0.15) is 23.0 Å². The largest absolute Gasteiger partial charge is 0.417 e. The maximum atomic E-state index is 12.4. The van der Waals surface area contributed by atoms with Crippen LogP contribution in [0.15, 0.2) is 24.5 Å². The van der Waals surface area contributed by atoms with Crippen molar-refractivity contribution in [2.75, 3.05) is 6.54 Å². The summed E-state index contributed by atoms with van der Waals surface area (Å²) in [5.74, 6) is -0.359. The Morgan fingerprint density at radius 1 is 1.45 bits per heavy atom. The highest BCUT2D eigenvalue weighted by Crippen LogP contribution is 2.28. The minimum atomic E-state index is -4.46. The van der Waals surface area contributed by atoms with Gasteiger partial charge in [0.1, 0.15) is 0 Å². The van der Waals surface area contributed by atoms with Gasteiger partial charge in [-0.25, -0.2) is 9.67 Å². The second-order valence-corrected chi connectivity index (χ2v) is 4.56. The number of pyridine rings is 1. The Bertz CT molecular complexity index is 652. The van der Waals surface area contributed by atoms with Crippen molar-refractivity contribution >= 4 is 5.91 Å². The zero-order valence-corrected chi connectivity index (χ0v) is 11.5. The fraction of sp³-hybridized carbons (Fsp3) is 0.333. The van der Waals surface area contributed by atoms with Gasteiger partial charge < -0.3 is 11.1 Å². The van der Waals surface area contributed by atoms with Crippen molar-refractivity contribution in [1.82, 2.24) is 25.3 Å². The van der Waals surface area contributed by atoms with E-state index >= 15 is 0 Å². The SMILES string of the molecule is C[C@@H](CN)NC(=O)c1cn(-c2ccc(C(F)(F)F)cn2)nn1. The molecule has 2 heterocycles. The van der Waals surface area contributed by atoms with Crippen LogP contribution >= 0.6 is 0 Å². The van der Waals surface area contributed by atoms with Gasteiger partial charge in [0.15, 0.2) is 11.5 Å². The van der Waals surface area contributed by atoms with Gasteiger partial charge in [0, 0.05) is 18.8 Å². The third-order valence-electron chi connectivity index (χ3n) is 2.77. The molecule has 0 spiro atoms. The Kier molecular flexibility index (Phi) is 4.40. The third kappa shape index (κ3) is 3.58. The first-order valence-corrected chi connectivity index (χ1v) is 6.28. The Morgan fingerprint density at radius 3 is 2.73 bits per heavy atom. The van der Waals surface area contributed by atoms with E-state index in [1.165, 1.54) is 6.20 Å². The standard InChI is InChI=1S/C12H13F3N6O/c1-7(4-16)18-11(22)9-6-21(20-19-9)10-3-2-8(5-17-10)12(13,14)15/h2-3,5-7H,4,16H2,1H3,(H,18,22)/t7-/m0/s1. The molecule has 0 aliphatic heterocycles. The number of aromatic nitrogens is 4. The fourth-order valence-electron chi connectivity index (χ4n) is 1.53. The number of carbonyl (C=O) groups excluding carboxylic acids is 1. The number of nitrogens with zero attached hydrogens (tertiary/aromatic N) is 4. The first-order chi connectivity index (χ1) is 10.3. The Labute approximate surface area is 123 Å². The van der Waals surface area contributed by atoms with Gasteiger partial charge in [-0.1, -0.05) is 5.21 Å². The topological polar surface area (TPSA) is 98.7 Å². The molecule has 0 aliphatic rings. The summed E-state index contributed by atoms with van der Waals surface area (Å²) in [6, 6.07) is 1.78. The molecule has 0 unspecified atom stereocenters. The zero-order chi connectivity index (χ0) is 16.3. The Morgan fingerprint density at radius 2 is 2.18 bits per heavy atom. The normalized spacial score (nSPS) is 13.0. The molecule has 22 heavy (non-hydrogen) atoms. The van der Waals surface area contributed by atoms with Crippen molar-refractivity contribution in [3.05, 3.63) is 35.8 Å². The first kappa shape index (κ1) is 15.9. The lowest BCUT2D eigenvalue weighted by Crippen LogP contribution is -2.37. The highest BCUT2D eigenvalue weighted by Gasteiger charge is 2.30. The Balaban J connectivity index is 2.16. The molecule has 0 saturated heterocycles. The molecule has 2 aromatic heterocycles. The molecule has 0 aromatic carbocycles. The number of hydrogen-bond donors (Lipinski definition) is 2. The summed E-state index contributed by atoms with van der Waals surface area (Å²) >= 11 is 0. The summed E-state index contributed by atoms with van der Waals surface area (Å²) in [5, 5.41) is 9.90. The molecule has 0 aliphatic carbocycles. The summed E-state index contributed by atoms with van der Waals surface area (Å²) in [6.45, 7) is 1.99. The van der Waals surface area contributed by atoms with Crippen LogP contribution in [-0.4, -0.2) is 38.5 Å². The van der Waals surface area contributed by atoms with Crippen LogP contribution in [0, 0.1) is 0 Å². The van der Waals surface area contributed by atoms with Gasteiger partial charge >= 0.3 is 6.18 Å². The average molecular weight is 314 g/mol. The second-order valence-electron chi connectivity index (χ2n) is 4.56. The number of nitrogens with two attached hydrogens (primary N) is 1. The summed E-state index contributed by atoms with van der Waals surface area (Å²) in [5.41, 5.74) is 4.53. The molecular weight excluding hydrogens is 301 g/mol. The van der Waals surface area contributed by atoms with E-state index in [1.54, 1.807) is 6.92 Å². The zero-order valence-electron chi connectivity index (χ0n) is 11.5. The smallest absolute Gasteiger partial charge is 0.347 e. The van der Waals surface area contributed by atoms with Crippen molar-refractivity contribution < 1.29 is 18.0 Å². The molecule has 1 amide bonds. The van der Waals surface area contributed by atoms with Crippen LogP contribution < -0.4 is 11.1 Å². The quantitative estimate of drug-likeness (QED) is 0.868. The molecule has 2 rings (SSSR count). The molecule has 118 valence electrons. The number of alkyl halides is 3. The van der Waals surface area contributed by atoms with Gasteiger partial charge in [0.05, 0.1) is 11.8 Å². The van der Waals surface area contributed by atoms with Crippen LogP contribution in [0.2, 0.25) is 0 Å². The lowest BCUT2D eigenvalue weighted by atomic mass is 10.3. The van der Waals surface area contributed by atoms with Gasteiger partial charge in [0.25, 0.3) is 5.91 Å². The lowest BCUT2D eigenvalue weighted by Gasteiger charge is -2.08. The number of carbonyl (C=O) groups is 1. The average Bonchev–Trinajstić information content (AvgIpc) is 2.96. The number of hydrogen-bond acceptors (Lipinski definition) is 5. The molecular formula is C12H13F3N6O.